The highest BCUT2D eigenvalue weighted by atomic mass is 28.3. The minimum atomic E-state index is -1.13. The van der Waals surface area contributed by atoms with Crippen LogP contribution < -0.4 is 0 Å². The summed E-state index contributed by atoms with van der Waals surface area (Å²) < 4.78 is 22.9. The van der Waals surface area contributed by atoms with E-state index in [9.17, 15) is 9.65 Å². The van der Waals surface area contributed by atoms with Crippen molar-refractivity contribution in [2.24, 2.45) is 0 Å². The lowest BCUT2D eigenvalue weighted by atomic mass is 9.83. The first-order valence-electron chi connectivity index (χ1n) is 9.77. The number of fused-ring (bicyclic) bond motifs is 3. The smallest absolute Gasteiger partial charge is 0.235 e. The molecule has 0 aliphatic heterocycles. The van der Waals surface area contributed by atoms with Gasteiger partial charge in [-0.15, -0.1) is 5.10 Å². The van der Waals surface area contributed by atoms with E-state index in [0.717, 1.165) is 29.6 Å². The second-order valence-corrected chi connectivity index (χ2v) is 14.7. The van der Waals surface area contributed by atoms with Crippen molar-refractivity contribution < 1.29 is 9.13 Å². The first-order chi connectivity index (χ1) is 13.7. The Morgan fingerprint density at radius 2 is 2.17 bits per heavy atom. The maximum atomic E-state index is 13.8. The molecule has 1 aliphatic rings. The van der Waals surface area contributed by atoms with Crippen LogP contribution in [0.2, 0.25) is 25.7 Å². The van der Waals surface area contributed by atoms with Crippen molar-refractivity contribution in [1.82, 2.24) is 24.4 Å². The van der Waals surface area contributed by atoms with Gasteiger partial charge in [0.15, 0.2) is 5.65 Å². The number of rotatable bonds is 6. The summed E-state index contributed by atoms with van der Waals surface area (Å²) in [5, 5.41) is 18.4. The van der Waals surface area contributed by atoms with Crippen LogP contribution in [-0.2, 0) is 16.9 Å². The summed E-state index contributed by atoms with van der Waals surface area (Å²) in [5.74, 6) is -0.924. The Labute approximate surface area is 170 Å². The van der Waals surface area contributed by atoms with E-state index >= 15 is 0 Å². The first-order valence-corrected chi connectivity index (χ1v) is 13.5. The standard InChI is InChI=1S/C20H25FN6OSi/c1-20(16-5-6-26(24-16)13-28-7-8-29(2,3)4)10-14(11-22)15-12-23-18-9-17(21)25-27(18)19(15)20/h5-6,9,12,14H,7-8,10,13H2,1-4H3. The maximum Gasteiger partial charge on any atom is 0.235 e. The second-order valence-electron chi connectivity index (χ2n) is 9.11. The van der Waals surface area contributed by atoms with Crippen molar-refractivity contribution in [3.8, 4) is 6.07 Å². The predicted octanol–water partition coefficient (Wildman–Crippen LogP) is 3.69. The molecule has 0 aromatic carbocycles. The normalized spacial score (nSPS) is 21.4. The van der Waals surface area contributed by atoms with E-state index < -0.39 is 19.4 Å². The minimum absolute atomic E-state index is 0.336. The lowest BCUT2D eigenvalue weighted by Crippen LogP contribution is -2.25. The van der Waals surface area contributed by atoms with Crippen LogP contribution >= 0.6 is 0 Å². The molecular weight excluding hydrogens is 387 g/mol. The monoisotopic (exact) mass is 412 g/mol. The zero-order chi connectivity index (χ0) is 20.8. The van der Waals surface area contributed by atoms with E-state index in [0.29, 0.717) is 18.8 Å². The third kappa shape index (κ3) is 3.58. The zero-order valence-corrected chi connectivity index (χ0v) is 18.2. The molecule has 3 aromatic rings. The maximum absolute atomic E-state index is 13.8. The Hall–Kier alpha value is -2.57. The fourth-order valence-corrected chi connectivity index (χ4v) is 4.70. The van der Waals surface area contributed by atoms with Crippen molar-refractivity contribution in [3.63, 3.8) is 0 Å². The summed E-state index contributed by atoms with van der Waals surface area (Å²) in [6, 6.07) is 6.69. The van der Waals surface area contributed by atoms with Gasteiger partial charge < -0.3 is 4.74 Å². The molecule has 7 nitrogen and oxygen atoms in total. The summed E-state index contributed by atoms with van der Waals surface area (Å²) in [5.41, 5.74) is 2.24. The molecule has 0 bridgehead atoms. The highest BCUT2D eigenvalue weighted by Gasteiger charge is 2.46. The molecule has 2 unspecified atom stereocenters. The molecule has 0 spiro atoms. The van der Waals surface area contributed by atoms with Crippen molar-refractivity contribution >= 4 is 13.7 Å². The van der Waals surface area contributed by atoms with E-state index in [4.69, 9.17) is 9.84 Å². The molecule has 29 heavy (non-hydrogen) atoms. The average molecular weight is 413 g/mol. The average Bonchev–Trinajstić information content (AvgIpc) is 3.33. The second kappa shape index (κ2) is 7.04. The molecular formula is C20H25FN6OSi. The molecule has 1 aliphatic carbocycles. The molecule has 0 radical (unpaired) electrons. The molecule has 0 fully saturated rings. The summed E-state index contributed by atoms with van der Waals surface area (Å²) in [6.07, 6.45) is 4.10. The number of nitriles is 1. The SMILES string of the molecule is CC1(c2ccn(COCC[Si](C)(C)C)n2)CC(C#N)c2cnc3cc(F)nn3c21. The van der Waals surface area contributed by atoms with Crippen LogP contribution in [0.15, 0.2) is 24.5 Å². The lowest BCUT2D eigenvalue weighted by Gasteiger charge is -2.23. The molecule has 0 saturated carbocycles. The number of hydrogen-bond acceptors (Lipinski definition) is 5. The van der Waals surface area contributed by atoms with Gasteiger partial charge in [0.2, 0.25) is 5.95 Å². The number of aromatic nitrogens is 5. The fraction of sp³-hybridized carbons (Fsp3) is 0.500. The molecule has 9 heteroatoms. The Balaban J connectivity index is 1.64. The Morgan fingerprint density at radius 3 is 2.90 bits per heavy atom. The van der Waals surface area contributed by atoms with Gasteiger partial charge in [-0.2, -0.15) is 14.8 Å². The molecule has 0 amide bonds. The highest BCUT2D eigenvalue weighted by Crippen LogP contribution is 2.48. The number of halogens is 1. The largest absolute Gasteiger partial charge is 0.360 e. The van der Waals surface area contributed by atoms with Crippen LogP contribution in [0, 0.1) is 17.3 Å². The Morgan fingerprint density at radius 1 is 1.38 bits per heavy atom. The number of hydrogen-bond donors (Lipinski definition) is 0. The van der Waals surface area contributed by atoms with Crippen LogP contribution in [0.25, 0.3) is 5.65 Å². The minimum Gasteiger partial charge on any atom is -0.360 e. The van der Waals surface area contributed by atoms with Gasteiger partial charge in [-0.25, -0.2) is 14.2 Å². The molecule has 4 rings (SSSR count). The third-order valence-corrected chi connectivity index (χ3v) is 7.28. The van der Waals surface area contributed by atoms with E-state index in [2.05, 4.69) is 35.8 Å². The Bertz CT molecular complexity index is 1090. The molecule has 0 N–H and O–H groups in total. The lowest BCUT2D eigenvalue weighted by molar-refractivity contribution is 0.0780. The summed E-state index contributed by atoms with van der Waals surface area (Å²) in [6.45, 7) is 10.1. The van der Waals surface area contributed by atoms with Crippen molar-refractivity contribution in [2.45, 2.75) is 57.1 Å². The molecule has 3 heterocycles. The van der Waals surface area contributed by atoms with Crippen LogP contribution in [0.1, 0.15) is 36.2 Å². The van der Waals surface area contributed by atoms with Crippen LogP contribution in [0.5, 0.6) is 0 Å². The van der Waals surface area contributed by atoms with Gasteiger partial charge in [0.1, 0.15) is 6.73 Å². The van der Waals surface area contributed by atoms with Gasteiger partial charge in [0, 0.05) is 38.7 Å². The van der Waals surface area contributed by atoms with Gasteiger partial charge in [-0.3, -0.25) is 0 Å². The van der Waals surface area contributed by atoms with Crippen molar-refractivity contribution in [3.05, 3.63) is 47.4 Å². The quantitative estimate of drug-likeness (QED) is 0.456. The van der Waals surface area contributed by atoms with Gasteiger partial charge in [-0.1, -0.05) is 19.6 Å². The van der Waals surface area contributed by atoms with Crippen LogP contribution in [-0.4, -0.2) is 39.1 Å². The van der Waals surface area contributed by atoms with E-state index in [1.807, 2.05) is 19.2 Å². The van der Waals surface area contributed by atoms with Crippen molar-refractivity contribution in [2.75, 3.05) is 6.61 Å². The van der Waals surface area contributed by atoms with Crippen LogP contribution in [0.3, 0.4) is 0 Å². The topological polar surface area (TPSA) is 81.0 Å². The molecule has 152 valence electrons. The fourth-order valence-electron chi connectivity index (χ4n) is 3.95. The van der Waals surface area contributed by atoms with E-state index in [-0.39, 0.29) is 5.92 Å². The van der Waals surface area contributed by atoms with Crippen LogP contribution in [0.4, 0.5) is 4.39 Å². The van der Waals surface area contributed by atoms with E-state index in [1.54, 1.807) is 10.9 Å². The van der Waals surface area contributed by atoms with Gasteiger partial charge in [0.05, 0.1) is 28.8 Å². The molecule has 3 aromatic heterocycles. The number of nitrogens with zero attached hydrogens (tertiary/aromatic N) is 6. The Kier molecular flexibility index (Phi) is 4.79. The van der Waals surface area contributed by atoms with Gasteiger partial charge in [0.25, 0.3) is 0 Å². The number of ether oxygens (including phenoxy) is 1. The van der Waals surface area contributed by atoms with E-state index in [1.165, 1.54) is 10.6 Å². The van der Waals surface area contributed by atoms with Gasteiger partial charge in [-0.05, 0) is 25.5 Å². The van der Waals surface area contributed by atoms with Gasteiger partial charge >= 0.3 is 0 Å². The first kappa shape index (κ1) is 19.7. The summed E-state index contributed by atoms with van der Waals surface area (Å²) >= 11 is 0. The summed E-state index contributed by atoms with van der Waals surface area (Å²) in [4.78, 5) is 4.27. The van der Waals surface area contributed by atoms with Crippen molar-refractivity contribution in [1.29, 1.82) is 5.26 Å². The molecule has 0 saturated heterocycles. The zero-order valence-electron chi connectivity index (χ0n) is 17.2. The summed E-state index contributed by atoms with van der Waals surface area (Å²) in [7, 11) is -1.13. The molecule has 2 atom stereocenters. The third-order valence-electron chi connectivity index (χ3n) is 5.57. The predicted molar refractivity (Wildman–Crippen MR) is 109 cm³/mol. The highest BCUT2D eigenvalue weighted by molar-refractivity contribution is 6.76.